The molecule has 0 spiro atoms. The van der Waals surface area contributed by atoms with Crippen molar-refractivity contribution in [2.75, 3.05) is 23.7 Å². The second kappa shape index (κ2) is 9.94. The fraction of sp³-hybridized carbons (Fsp3) is 0.643. The van der Waals surface area contributed by atoms with Crippen molar-refractivity contribution in [3.63, 3.8) is 0 Å². The van der Waals surface area contributed by atoms with E-state index < -0.39 is 0 Å². The number of nitrogens with zero attached hydrogens (tertiary/aromatic N) is 2. The molecule has 3 heteroatoms. The molecule has 98 valence electrons. The van der Waals surface area contributed by atoms with E-state index in [4.69, 9.17) is 5.73 Å². The Balaban J connectivity index is 0.000000450. The molecule has 0 radical (unpaired) electrons. The predicted molar refractivity (Wildman–Crippen MR) is 77.4 cm³/mol. The molecule has 1 aliphatic rings. The van der Waals surface area contributed by atoms with Gasteiger partial charge < -0.3 is 10.6 Å². The Morgan fingerprint density at radius 3 is 2.18 bits per heavy atom. The van der Waals surface area contributed by atoms with Gasteiger partial charge in [-0.15, -0.1) is 0 Å². The highest BCUT2D eigenvalue weighted by Crippen LogP contribution is 2.17. The Labute approximate surface area is 106 Å². The Hall–Kier alpha value is -1.25. The van der Waals surface area contributed by atoms with Gasteiger partial charge in [-0.05, 0) is 25.0 Å². The second-order valence-electron chi connectivity index (χ2n) is 3.82. The normalized spacial score (nSPS) is 13.3. The van der Waals surface area contributed by atoms with Crippen LogP contribution in [0.5, 0.6) is 0 Å². The second-order valence-corrected chi connectivity index (χ2v) is 3.82. The molecule has 0 amide bonds. The average Bonchev–Trinajstić information content (AvgIpc) is 2.86. The molecular weight excluding hydrogens is 210 g/mol. The summed E-state index contributed by atoms with van der Waals surface area (Å²) in [6.45, 7) is 10.5. The molecule has 0 atom stereocenters. The largest absolute Gasteiger partial charge is 0.384 e. The van der Waals surface area contributed by atoms with E-state index >= 15 is 0 Å². The molecular formula is C14H27N3. The highest BCUT2D eigenvalue weighted by atomic mass is 15.2. The molecule has 1 saturated heterocycles. The van der Waals surface area contributed by atoms with Gasteiger partial charge in [0.15, 0.2) is 0 Å². The number of pyridine rings is 1. The Morgan fingerprint density at radius 2 is 1.71 bits per heavy atom. The van der Waals surface area contributed by atoms with Crippen LogP contribution in [0.25, 0.3) is 0 Å². The van der Waals surface area contributed by atoms with Gasteiger partial charge in [0, 0.05) is 13.1 Å². The van der Waals surface area contributed by atoms with Gasteiger partial charge >= 0.3 is 0 Å². The van der Waals surface area contributed by atoms with Gasteiger partial charge in [-0.1, -0.05) is 40.2 Å². The molecule has 1 aromatic rings. The zero-order chi connectivity index (χ0) is 13.1. The first kappa shape index (κ1) is 15.8. The lowest BCUT2D eigenvalue weighted by Crippen LogP contribution is -2.19. The Morgan fingerprint density at radius 1 is 1.18 bits per heavy atom. The molecule has 2 N–H and O–H groups in total. The van der Waals surface area contributed by atoms with Crippen molar-refractivity contribution < 1.29 is 0 Å². The summed E-state index contributed by atoms with van der Waals surface area (Å²) in [7, 11) is 0. The minimum atomic E-state index is 0.611. The fourth-order valence-electron chi connectivity index (χ4n) is 1.56. The van der Waals surface area contributed by atoms with E-state index in [2.05, 4.69) is 23.7 Å². The van der Waals surface area contributed by atoms with E-state index in [9.17, 15) is 0 Å². The summed E-state index contributed by atoms with van der Waals surface area (Å²) in [6.07, 6.45) is 3.80. The van der Waals surface area contributed by atoms with Gasteiger partial charge in [-0.25, -0.2) is 4.98 Å². The summed E-state index contributed by atoms with van der Waals surface area (Å²) in [5.41, 5.74) is 5.59. The molecule has 0 saturated carbocycles. The molecule has 2 rings (SSSR count). The van der Waals surface area contributed by atoms with Gasteiger partial charge in [-0.2, -0.15) is 0 Å². The van der Waals surface area contributed by atoms with Crippen LogP contribution >= 0.6 is 0 Å². The molecule has 3 nitrogen and oxygen atoms in total. The molecule has 0 bridgehead atoms. The van der Waals surface area contributed by atoms with Crippen LogP contribution in [-0.4, -0.2) is 18.1 Å². The van der Waals surface area contributed by atoms with Crippen LogP contribution in [0.4, 0.5) is 11.6 Å². The summed E-state index contributed by atoms with van der Waals surface area (Å²) in [5.74, 6) is 1.63. The molecule has 1 fully saturated rings. The summed E-state index contributed by atoms with van der Waals surface area (Å²) in [4.78, 5) is 6.53. The van der Waals surface area contributed by atoms with Crippen LogP contribution in [0.15, 0.2) is 18.2 Å². The van der Waals surface area contributed by atoms with E-state index in [1.54, 1.807) is 0 Å². The minimum absolute atomic E-state index is 0.611. The van der Waals surface area contributed by atoms with Crippen molar-refractivity contribution in [1.29, 1.82) is 0 Å². The van der Waals surface area contributed by atoms with Crippen molar-refractivity contribution >= 4 is 11.6 Å². The van der Waals surface area contributed by atoms with Crippen molar-refractivity contribution in [2.45, 2.75) is 47.0 Å². The van der Waals surface area contributed by atoms with Crippen LogP contribution < -0.4 is 10.6 Å². The molecule has 1 aliphatic heterocycles. The molecule has 1 aromatic heterocycles. The Bertz CT molecular complexity index is 281. The van der Waals surface area contributed by atoms with Crippen LogP contribution in [0, 0.1) is 0 Å². The number of hydrogen-bond acceptors (Lipinski definition) is 3. The topological polar surface area (TPSA) is 42.1 Å². The fourth-order valence-corrected chi connectivity index (χ4v) is 1.56. The van der Waals surface area contributed by atoms with Crippen LogP contribution in [-0.2, 0) is 0 Å². The SMILES string of the molecule is CC.CCC.Nc1cccc(N2CCCC2)n1. The van der Waals surface area contributed by atoms with Crippen molar-refractivity contribution in [3.05, 3.63) is 18.2 Å². The van der Waals surface area contributed by atoms with Crippen LogP contribution in [0.1, 0.15) is 47.0 Å². The van der Waals surface area contributed by atoms with Crippen molar-refractivity contribution in [1.82, 2.24) is 4.98 Å². The third-order valence-corrected chi connectivity index (χ3v) is 2.19. The summed E-state index contributed by atoms with van der Waals surface area (Å²) in [6, 6.07) is 5.79. The van der Waals surface area contributed by atoms with Crippen molar-refractivity contribution in [3.8, 4) is 0 Å². The molecule has 17 heavy (non-hydrogen) atoms. The summed E-state index contributed by atoms with van der Waals surface area (Å²) < 4.78 is 0. The Kier molecular flexibility index (Phi) is 9.21. The number of rotatable bonds is 1. The first-order valence-corrected chi connectivity index (χ1v) is 6.75. The molecule has 0 unspecified atom stereocenters. The third kappa shape index (κ3) is 6.15. The standard InChI is InChI=1S/C9H13N3.C3H8.C2H6/c10-8-4-3-5-9(11-8)12-6-1-2-7-12;1-3-2;1-2/h3-5H,1-2,6-7H2,(H2,10,11);3H2,1-2H3;1-2H3. The molecule has 2 heterocycles. The van der Waals surface area contributed by atoms with E-state index in [-0.39, 0.29) is 0 Å². The zero-order valence-corrected chi connectivity index (χ0v) is 11.7. The van der Waals surface area contributed by atoms with Gasteiger partial charge in [0.1, 0.15) is 11.6 Å². The van der Waals surface area contributed by atoms with Gasteiger partial charge in [-0.3, -0.25) is 0 Å². The highest BCUT2D eigenvalue weighted by Gasteiger charge is 2.12. The lowest BCUT2D eigenvalue weighted by Gasteiger charge is -2.15. The molecule has 0 aliphatic carbocycles. The number of hydrogen-bond donors (Lipinski definition) is 1. The third-order valence-electron chi connectivity index (χ3n) is 2.19. The smallest absolute Gasteiger partial charge is 0.130 e. The van der Waals surface area contributed by atoms with Gasteiger partial charge in [0.25, 0.3) is 0 Å². The number of nitrogens with two attached hydrogens (primary N) is 1. The number of anilines is 2. The maximum Gasteiger partial charge on any atom is 0.130 e. The van der Waals surface area contributed by atoms with E-state index in [1.807, 2.05) is 32.0 Å². The van der Waals surface area contributed by atoms with Gasteiger partial charge in [0.2, 0.25) is 0 Å². The van der Waals surface area contributed by atoms with E-state index in [0.717, 1.165) is 18.9 Å². The first-order chi connectivity index (χ1) is 8.27. The average molecular weight is 237 g/mol. The van der Waals surface area contributed by atoms with E-state index in [0.29, 0.717) is 5.82 Å². The highest BCUT2D eigenvalue weighted by molar-refractivity contribution is 5.45. The minimum Gasteiger partial charge on any atom is -0.384 e. The van der Waals surface area contributed by atoms with Gasteiger partial charge in [0.05, 0.1) is 0 Å². The monoisotopic (exact) mass is 237 g/mol. The number of nitrogen functional groups attached to an aromatic ring is 1. The predicted octanol–water partition coefficient (Wildman–Crippen LogP) is 3.71. The lowest BCUT2D eigenvalue weighted by molar-refractivity contribution is 0.940. The van der Waals surface area contributed by atoms with Crippen LogP contribution in [0.3, 0.4) is 0 Å². The molecule has 0 aromatic carbocycles. The first-order valence-electron chi connectivity index (χ1n) is 6.75. The lowest BCUT2D eigenvalue weighted by atomic mass is 10.4. The zero-order valence-electron chi connectivity index (χ0n) is 11.7. The van der Waals surface area contributed by atoms with Crippen molar-refractivity contribution in [2.24, 2.45) is 0 Å². The maximum atomic E-state index is 5.59. The summed E-state index contributed by atoms with van der Waals surface area (Å²) in [5, 5.41) is 0. The number of aromatic nitrogens is 1. The quantitative estimate of drug-likeness (QED) is 0.809. The van der Waals surface area contributed by atoms with E-state index in [1.165, 1.54) is 19.3 Å². The summed E-state index contributed by atoms with van der Waals surface area (Å²) >= 11 is 0. The maximum absolute atomic E-state index is 5.59. The van der Waals surface area contributed by atoms with Crippen LogP contribution in [0.2, 0.25) is 0 Å².